The molecule has 1 aliphatic rings. The molecule has 0 saturated heterocycles. The van der Waals surface area contributed by atoms with Crippen LogP contribution in [0.15, 0.2) is 42.5 Å². The molecule has 1 aromatic rings. The lowest BCUT2D eigenvalue weighted by atomic mass is 9.93. The van der Waals surface area contributed by atoms with Crippen molar-refractivity contribution in [3.8, 4) is 0 Å². The van der Waals surface area contributed by atoms with Crippen LogP contribution in [0.5, 0.6) is 0 Å². The highest BCUT2D eigenvalue weighted by atomic mass is 16.6. The molecule has 0 radical (unpaired) electrons. The molecule has 9 heteroatoms. The van der Waals surface area contributed by atoms with Crippen LogP contribution in [0.1, 0.15) is 58.4 Å². The Bertz CT molecular complexity index is 947. The molecule has 0 fully saturated rings. The first kappa shape index (κ1) is 30.9. The van der Waals surface area contributed by atoms with Crippen LogP contribution in [0.25, 0.3) is 0 Å². The van der Waals surface area contributed by atoms with Gasteiger partial charge in [0.05, 0.1) is 6.61 Å². The summed E-state index contributed by atoms with van der Waals surface area (Å²) in [4.78, 5) is 53.5. The maximum atomic E-state index is 13.3. The molecule has 1 aliphatic heterocycles. The predicted molar refractivity (Wildman–Crippen MR) is 145 cm³/mol. The Morgan fingerprint density at radius 1 is 1.11 bits per heavy atom. The molecule has 0 saturated carbocycles. The van der Waals surface area contributed by atoms with Crippen molar-refractivity contribution in [2.45, 2.75) is 77.5 Å². The molecular weight excluding hydrogens is 486 g/mol. The van der Waals surface area contributed by atoms with Gasteiger partial charge in [0.2, 0.25) is 11.8 Å². The Kier molecular flexibility index (Phi) is 12.8. The maximum absolute atomic E-state index is 13.3. The van der Waals surface area contributed by atoms with E-state index >= 15 is 0 Å². The van der Waals surface area contributed by atoms with Gasteiger partial charge in [-0.25, -0.2) is 9.59 Å². The molecule has 0 bridgehead atoms. The van der Waals surface area contributed by atoms with Crippen LogP contribution in [0, 0.1) is 11.8 Å². The van der Waals surface area contributed by atoms with Crippen molar-refractivity contribution in [3.63, 3.8) is 0 Å². The molecule has 0 aliphatic carbocycles. The number of carbonyl (C=O) groups excluding carboxylic acids is 4. The number of esters is 1. The van der Waals surface area contributed by atoms with E-state index in [1.165, 1.54) is 4.90 Å². The fourth-order valence-corrected chi connectivity index (χ4v) is 4.45. The van der Waals surface area contributed by atoms with Gasteiger partial charge in [-0.2, -0.15) is 0 Å². The molecule has 2 unspecified atom stereocenters. The van der Waals surface area contributed by atoms with E-state index in [9.17, 15) is 19.2 Å². The van der Waals surface area contributed by atoms with Crippen LogP contribution in [0.3, 0.4) is 0 Å². The van der Waals surface area contributed by atoms with E-state index in [2.05, 4.69) is 10.6 Å². The molecular formula is C29H43N3O6. The third-order valence-electron chi connectivity index (χ3n) is 6.34. The van der Waals surface area contributed by atoms with Crippen LogP contribution in [-0.2, 0) is 30.3 Å². The first-order chi connectivity index (χ1) is 18.1. The number of amides is 3. The van der Waals surface area contributed by atoms with Crippen LogP contribution >= 0.6 is 0 Å². The van der Waals surface area contributed by atoms with Gasteiger partial charge in [-0.3, -0.25) is 9.59 Å². The predicted octanol–water partition coefficient (Wildman–Crippen LogP) is 3.62. The van der Waals surface area contributed by atoms with Gasteiger partial charge in [0.25, 0.3) is 0 Å². The maximum Gasteiger partial charge on any atom is 0.408 e. The molecule has 1 heterocycles. The molecule has 4 atom stereocenters. The summed E-state index contributed by atoms with van der Waals surface area (Å²) in [5, 5.41) is 5.45. The summed E-state index contributed by atoms with van der Waals surface area (Å²) in [6.07, 6.45) is 5.39. The zero-order valence-corrected chi connectivity index (χ0v) is 23.3. The summed E-state index contributed by atoms with van der Waals surface area (Å²) in [5.41, 5.74) is 1.04. The van der Waals surface area contributed by atoms with Gasteiger partial charge >= 0.3 is 12.1 Å². The second kappa shape index (κ2) is 15.8. The van der Waals surface area contributed by atoms with Gasteiger partial charge in [0.1, 0.15) is 18.2 Å². The number of allylic oxidation sites excluding steroid dienone is 2. The van der Waals surface area contributed by atoms with E-state index in [1.54, 1.807) is 21.0 Å². The van der Waals surface area contributed by atoms with Crippen LogP contribution in [-0.4, -0.2) is 67.7 Å². The SMILES string of the molecule is CCOC(=O)[C@@H]1CC(C(=O)N(C)C)C/C=C\CCC(Cc2ccccc2)OC(=O)N[C@@H](CC(C)C)C(=O)N1. The molecule has 2 N–H and O–H groups in total. The van der Waals surface area contributed by atoms with Crippen molar-refractivity contribution < 1.29 is 28.7 Å². The average Bonchev–Trinajstić information content (AvgIpc) is 2.86. The monoisotopic (exact) mass is 529 g/mol. The van der Waals surface area contributed by atoms with Crippen molar-refractivity contribution >= 4 is 23.9 Å². The van der Waals surface area contributed by atoms with Crippen molar-refractivity contribution in [2.24, 2.45) is 11.8 Å². The van der Waals surface area contributed by atoms with Crippen molar-refractivity contribution in [1.82, 2.24) is 15.5 Å². The highest BCUT2D eigenvalue weighted by molar-refractivity contribution is 5.90. The fraction of sp³-hybridized carbons (Fsp3) is 0.586. The molecule has 0 aromatic heterocycles. The molecule has 0 spiro atoms. The lowest BCUT2D eigenvalue weighted by molar-refractivity contribution is -0.148. The van der Waals surface area contributed by atoms with Gasteiger partial charge in [-0.05, 0) is 50.5 Å². The third-order valence-corrected chi connectivity index (χ3v) is 6.34. The Balaban J connectivity index is 2.36. The summed E-state index contributed by atoms with van der Waals surface area (Å²) in [6, 6.07) is 7.82. The number of nitrogens with one attached hydrogen (secondary N) is 2. The number of benzene rings is 1. The van der Waals surface area contributed by atoms with Crippen LogP contribution in [0.2, 0.25) is 0 Å². The zero-order valence-electron chi connectivity index (χ0n) is 23.3. The van der Waals surface area contributed by atoms with Crippen LogP contribution < -0.4 is 10.6 Å². The van der Waals surface area contributed by atoms with Crippen molar-refractivity contribution in [2.75, 3.05) is 20.7 Å². The second-order valence-electron chi connectivity index (χ2n) is 10.3. The minimum absolute atomic E-state index is 0.0847. The van der Waals surface area contributed by atoms with Gasteiger partial charge in [-0.15, -0.1) is 0 Å². The van der Waals surface area contributed by atoms with Crippen LogP contribution in [0.4, 0.5) is 4.79 Å². The van der Waals surface area contributed by atoms with Crippen molar-refractivity contribution in [1.29, 1.82) is 0 Å². The van der Waals surface area contributed by atoms with Crippen molar-refractivity contribution in [3.05, 3.63) is 48.0 Å². The topological polar surface area (TPSA) is 114 Å². The largest absolute Gasteiger partial charge is 0.464 e. The number of carbonyl (C=O) groups is 4. The normalized spacial score (nSPS) is 24.2. The number of cyclic esters (lactones) is 1. The number of hydrogen-bond acceptors (Lipinski definition) is 6. The fourth-order valence-electron chi connectivity index (χ4n) is 4.45. The third kappa shape index (κ3) is 10.6. The van der Waals surface area contributed by atoms with Gasteiger partial charge < -0.3 is 25.0 Å². The first-order valence-electron chi connectivity index (χ1n) is 13.4. The number of hydrogen-bond donors (Lipinski definition) is 2. The summed E-state index contributed by atoms with van der Waals surface area (Å²) in [5.74, 6) is -1.72. The lowest BCUT2D eigenvalue weighted by Gasteiger charge is -2.27. The Morgan fingerprint density at radius 2 is 1.82 bits per heavy atom. The highest BCUT2D eigenvalue weighted by Gasteiger charge is 2.33. The molecule has 1 aromatic carbocycles. The smallest absolute Gasteiger partial charge is 0.408 e. The van der Waals surface area contributed by atoms with E-state index in [0.717, 1.165) is 5.56 Å². The summed E-state index contributed by atoms with van der Waals surface area (Å²) < 4.78 is 11.0. The zero-order chi connectivity index (χ0) is 28.1. The lowest BCUT2D eigenvalue weighted by Crippen LogP contribution is -2.53. The first-order valence-corrected chi connectivity index (χ1v) is 13.4. The van der Waals surface area contributed by atoms with Gasteiger partial charge in [-0.1, -0.05) is 56.3 Å². The minimum atomic E-state index is -1.03. The van der Waals surface area contributed by atoms with Gasteiger partial charge in [0.15, 0.2) is 0 Å². The Morgan fingerprint density at radius 3 is 2.45 bits per heavy atom. The van der Waals surface area contributed by atoms with E-state index in [1.807, 2.05) is 56.3 Å². The number of alkyl carbamates (subject to hydrolysis) is 1. The molecule has 38 heavy (non-hydrogen) atoms. The standard InChI is InChI=1S/C29H43N3O6/c1-6-37-28(35)25-19-22(27(34)32(4)5)15-11-8-12-16-23(18-21-13-9-7-10-14-21)38-29(36)31-24(17-20(2)3)26(33)30-25/h7-11,13-14,20,22-25H,6,12,15-19H2,1-5H3,(H,30,33)(H,31,36)/b11-8-/t22?,23?,24-,25-/m0/s1. The summed E-state index contributed by atoms with van der Waals surface area (Å²) >= 11 is 0. The minimum Gasteiger partial charge on any atom is -0.464 e. The Labute approximate surface area is 226 Å². The summed E-state index contributed by atoms with van der Waals surface area (Å²) in [7, 11) is 3.33. The molecule has 3 amide bonds. The number of nitrogens with zero attached hydrogens (tertiary/aromatic N) is 1. The van der Waals surface area contributed by atoms with E-state index in [0.29, 0.717) is 32.1 Å². The van der Waals surface area contributed by atoms with E-state index in [4.69, 9.17) is 9.47 Å². The number of ether oxygens (including phenoxy) is 2. The summed E-state index contributed by atoms with van der Waals surface area (Å²) in [6.45, 7) is 5.70. The van der Waals surface area contributed by atoms with Gasteiger partial charge in [0, 0.05) is 26.4 Å². The Hall–Kier alpha value is -3.36. The molecule has 2 rings (SSSR count). The second-order valence-corrected chi connectivity index (χ2v) is 10.3. The molecule has 210 valence electrons. The quantitative estimate of drug-likeness (QED) is 0.412. The highest BCUT2D eigenvalue weighted by Crippen LogP contribution is 2.19. The molecule has 9 nitrogen and oxygen atoms in total. The van der Waals surface area contributed by atoms with E-state index < -0.39 is 42.1 Å². The number of rotatable bonds is 7. The average molecular weight is 530 g/mol. The van der Waals surface area contributed by atoms with E-state index in [-0.39, 0.29) is 24.9 Å².